The van der Waals surface area contributed by atoms with Crippen molar-refractivity contribution in [1.82, 2.24) is 9.88 Å². The molecule has 0 saturated carbocycles. The number of methoxy groups -OCH3 is 1. The molecule has 7 rings (SSSR count). The van der Waals surface area contributed by atoms with Gasteiger partial charge in [-0.2, -0.15) is 0 Å². The smallest absolute Gasteiger partial charge is 0.354 e. The Morgan fingerprint density at radius 2 is 1.85 bits per heavy atom. The molecule has 8 heteroatoms. The molecule has 3 aromatic carbocycles. The SMILES string of the molecule is COC(=O)c1cc2c(OC[C@@H](O)CN3C[C@@H]4C/C=C\C[C@H]3CN4c3ccc4ccccc4c3)ccc(Cl)c2[nH]1. The second-order valence-electron chi connectivity index (χ2n) is 10.4. The molecule has 1 fully saturated rings. The number of hydrogen-bond acceptors (Lipinski definition) is 6. The number of halogens is 1. The summed E-state index contributed by atoms with van der Waals surface area (Å²) in [5, 5.41) is 14.7. The molecule has 7 nitrogen and oxygen atoms in total. The molecule has 0 spiro atoms. The highest BCUT2D eigenvalue weighted by atomic mass is 35.5. The van der Waals surface area contributed by atoms with Gasteiger partial charge in [0.2, 0.25) is 0 Å². The highest BCUT2D eigenvalue weighted by molar-refractivity contribution is 6.35. The van der Waals surface area contributed by atoms with E-state index in [1.54, 1.807) is 18.2 Å². The van der Waals surface area contributed by atoms with Crippen molar-refractivity contribution in [2.75, 3.05) is 38.3 Å². The number of hydrogen-bond donors (Lipinski definition) is 2. The largest absolute Gasteiger partial charge is 0.490 e. The van der Waals surface area contributed by atoms with E-state index in [1.807, 2.05) is 0 Å². The number of anilines is 1. The summed E-state index contributed by atoms with van der Waals surface area (Å²) in [5.74, 6) is 0.0756. The minimum atomic E-state index is -0.673. The Labute approximate surface area is 232 Å². The average Bonchev–Trinajstić information content (AvgIpc) is 3.39. The number of aromatic amines is 1. The maximum atomic E-state index is 12.0. The van der Waals surface area contributed by atoms with Crippen molar-refractivity contribution in [3.05, 3.63) is 83.5 Å². The number of nitrogens with zero attached hydrogens (tertiary/aromatic N) is 2. The van der Waals surface area contributed by atoms with Crippen LogP contribution in [0.25, 0.3) is 21.7 Å². The Balaban J connectivity index is 1.14. The van der Waals surface area contributed by atoms with Crippen LogP contribution in [-0.4, -0.2) is 72.5 Å². The number of nitrogens with one attached hydrogen (secondary N) is 1. The van der Waals surface area contributed by atoms with Crippen LogP contribution in [0.5, 0.6) is 5.75 Å². The molecule has 3 atom stereocenters. The predicted octanol–water partition coefficient (Wildman–Crippen LogP) is 5.41. The van der Waals surface area contributed by atoms with Gasteiger partial charge in [-0.1, -0.05) is 54.1 Å². The number of rotatable bonds is 7. The molecule has 0 amide bonds. The molecule has 202 valence electrons. The molecular weight excluding hydrogens is 514 g/mol. The Hall–Kier alpha value is -3.52. The van der Waals surface area contributed by atoms with E-state index in [2.05, 4.69) is 69.4 Å². The first kappa shape index (κ1) is 25.7. The first-order valence-corrected chi connectivity index (χ1v) is 13.7. The Morgan fingerprint density at radius 1 is 1.05 bits per heavy atom. The molecule has 1 aromatic heterocycles. The zero-order valence-electron chi connectivity index (χ0n) is 21.8. The normalized spacial score (nSPS) is 21.1. The molecular formula is C31H32ClN3O4. The number of esters is 1. The second-order valence-corrected chi connectivity index (χ2v) is 10.8. The van der Waals surface area contributed by atoms with Gasteiger partial charge in [0, 0.05) is 42.8 Å². The summed E-state index contributed by atoms with van der Waals surface area (Å²) in [4.78, 5) is 19.9. The zero-order chi connectivity index (χ0) is 26.9. The Bertz CT molecular complexity index is 1530. The predicted molar refractivity (Wildman–Crippen MR) is 155 cm³/mol. The van der Waals surface area contributed by atoms with Crippen LogP contribution in [0.15, 0.2) is 72.8 Å². The summed E-state index contributed by atoms with van der Waals surface area (Å²) in [5.41, 5.74) is 2.16. The van der Waals surface area contributed by atoms with Crippen molar-refractivity contribution in [2.45, 2.75) is 31.0 Å². The van der Waals surface area contributed by atoms with Gasteiger partial charge in [-0.3, -0.25) is 4.90 Å². The third kappa shape index (κ3) is 5.22. The van der Waals surface area contributed by atoms with Crippen molar-refractivity contribution in [3.8, 4) is 5.75 Å². The Morgan fingerprint density at radius 3 is 2.67 bits per heavy atom. The van der Waals surface area contributed by atoms with Crippen LogP contribution < -0.4 is 9.64 Å². The number of fused-ring (bicyclic) bond motifs is 6. The molecule has 0 unspecified atom stereocenters. The molecule has 2 N–H and O–H groups in total. The van der Waals surface area contributed by atoms with Gasteiger partial charge < -0.3 is 24.5 Å². The summed E-state index contributed by atoms with van der Waals surface area (Å²) in [7, 11) is 1.33. The van der Waals surface area contributed by atoms with Crippen LogP contribution in [0.2, 0.25) is 5.02 Å². The van der Waals surface area contributed by atoms with Gasteiger partial charge >= 0.3 is 5.97 Å². The quantitative estimate of drug-likeness (QED) is 0.239. The number of piperazine rings is 1. The lowest BCUT2D eigenvalue weighted by Crippen LogP contribution is -2.60. The minimum absolute atomic E-state index is 0.133. The zero-order valence-corrected chi connectivity index (χ0v) is 22.6. The fourth-order valence-corrected chi connectivity index (χ4v) is 6.06. The van der Waals surface area contributed by atoms with Gasteiger partial charge in [0.1, 0.15) is 24.2 Å². The highest BCUT2D eigenvalue weighted by Crippen LogP contribution is 2.33. The van der Waals surface area contributed by atoms with E-state index in [4.69, 9.17) is 21.1 Å². The molecule has 0 aliphatic carbocycles. The number of H-pyrrole nitrogens is 1. The second kappa shape index (κ2) is 10.9. The average molecular weight is 546 g/mol. The molecule has 39 heavy (non-hydrogen) atoms. The molecule has 3 aliphatic rings. The minimum Gasteiger partial charge on any atom is -0.490 e. The van der Waals surface area contributed by atoms with Crippen LogP contribution in [0.4, 0.5) is 5.69 Å². The first-order valence-electron chi connectivity index (χ1n) is 13.3. The van der Waals surface area contributed by atoms with Gasteiger partial charge in [0.25, 0.3) is 0 Å². The monoisotopic (exact) mass is 545 g/mol. The summed E-state index contributed by atoms with van der Waals surface area (Å²) >= 11 is 6.33. The van der Waals surface area contributed by atoms with Crippen LogP contribution in [-0.2, 0) is 4.74 Å². The number of ether oxygens (including phenoxy) is 2. The number of aliphatic hydroxyl groups is 1. The number of aromatic nitrogens is 1. The van der Waals surface area contributed by atoms with Crippen molar-refractivity contribution < 1.29 is 19.4 Å². The van der Waals surface area contributed by atoms with Crippen LogP contribution in [0, 0.1) is 0 Å². The van der Waals surface area contributed by atoms with Crippen LogP contribution in [0.1, 0.15) is 23.3 Å². The summed E-state index contributed by atoms with van der Waals surface area (Å²) < 4.78 is 10.9. The number of carbonyl (C=O) groups excluding carboxylic acids is 1. The van der Waals surface area contributed by atoms with Gasteiger partial charge in [-0.15, -0.1) is 0 Å². The maximum Gasteiger partial charge on any atom is 0.354 e. The number of aliphatic hydroxyl groups excluding tert-OH is 1. The van der Waals surface area contributed by atoms with Gasteiger partial charge in [0.05, 0.1) is 17.6 Å². The summed E-state index contributed by atoms with van der Waals surface area (Å²) in [6.07, 6.45) is 5.82. The third-order valence-corrected chi connectivity index (χ3v) is 8.16. The third-order valence-electron chi connectivity index (χ3n) is 7.84. The van der Waals surface area contributed by atoms with Crippen molar-refractivity contribution in [2.24, 2.45) is 0 Å². The fourth-order valence-electron chi connectivity index (χ4n) is 5.85. The maximum absolute atomic E-state index is 12.0. The molecule has 4 aromatic rings. The van der Waals surface area contributed by atoms with E-state index in [-0.39, 0.29) is 6.61 Å². The van der Waals surface area contributed by atoms with E-state index < -0.39 is 12.1 Å². The summed E-state index contributed by atoms with van der Waals surface area (Å²) in [6.45, 7) is 2.45. The van der Waals surface area contributed by atoms with Gasteiger partial charge in [-0.25, -0.2) is 4.79 Å². The highest BCUT2D eigenvalue weighted by Gasteiger charge is 2.35. The molecule has 0 radical (unpaired) electrons. The van der Waals surface area contributed by atoms with Crippen molar-refractivity contribution in [1.29, 1.82) is 0 Å². The summed E-state index contributed by atoms with van der Waals surface area (Å²) in [6, 6.07) is 21.0. The van der Waals surface area contributed by atoms with Gasteiger partial charge in [-0.05, 0) is 53.9 Å². The van der Waals surface area contributed by atoms with Crippen molar-refractivity contribution >= 4 is 44.9 Å². The van der Waals surface area contributed by atoms with E-state index in [1.165, 1.54) is 23.6 Å². The van der Waals surface area contributed by atoms with E-state index >= 15 is 0 Å². The molecule has 1 saturated heterocycles. The number of benzene rings is 3. The van der Waals surface area contributed by atoms with E-state index in [9.17, 15) is 9.90 Å². The molecule has 2 bridgehead atoms. The lowest BCUT2D eigenvalue weighted by molar-refractivity contribution is 0.0409. The first-order chi connectivity index (χ1) is 19.0. The fraction of sp³-hybridized carbons (Fsp3) is 0.323. The van der Waals surface area contributed by atoms with Crippen LogP contribution in [0.3, 0.4) is 0 Å². The molecule has 4 heterocycles. The molecule has 3 aliphatic heterocycles. The Kier molecular flexibility index (Phi) is 7.21. The van der Waals surface area contributed by atoms with E-state index in [0.717, 1.165) is 25.9 Å². The van der Waals surface area contributed by atoms with Crippen LogP contribution >= 0.6 is 11.6 Å². The van der Waals surface area contributed by atoms with Crippen molar-refractivity contribution in [3.63, 3.8) is 0 Å². The van der Waals surface area contributed by atoms with E-state index in [0.29, 0.717) is 46.0 Å². The lowest BCUT2D eigenvalue weighted by atomic mass is 9.96. The van der Waals surface area contributed by atoms with Gasteiger partial charge in [0.15, 0.2) is 0 Å². The standard InChI is InChI=1S/C31H32ClN3O4/c1-38-31(37)28-15-26-29(13-12-27(32)30(26)33-28)39-19-25(36)18-34-16-24-9-5-4-8-23(34)17-35(24)22-11-10-20-6-2-3-7-21(20)14-22/h2-7,10-15,23-25,33,36H,8-9,16-19H2,1H3/b5-4-/t23-,24-,25-/m0/s1. The lowest BCUT2D eigenvalue weighted by Gasteiger charge is -2.48. The topological polar surface area (TPSA) is 78.0 Å². The number of carbonyl (C=O) groups is 1.